The van der Waals surface area contributed by atoms with Crippen LogP contribution in [0, 0.1) is 10.1 Å². The Labute approximate surface area is 98.5 Å². The highest BCUT2D eigenvalue weighted by molar-refractivity contribution is 6.08. The molecule has 1 aliphatic heterocycles. The predicted octanol–water partition coefficient (Wildman–Crippen LogP) is 1.71. The van der Waals surface area contributed by atoms with Gasteiger partial charge in [0.25, 0.3) is 0 Å². The van der Waals surface area contributed by atoms with Gasteiger partial charge in [-0.15, -0.1) is 0 Å². The quantitative estimate of drug-likeness (QED) is 0.576. The number of benzene rings is 1. The molecule has 2 rings (SSSR count). The van der Waals surface area contributed by atoms with Crippen LogP contribution < -0.4 is 4.90 Å². The number of rotatable bonds is 2. The summed E-state index contributed by atoms with van der Waals surface area (Å²) in [6, 6.07) is 7.31. The summed E-state index contributed by atoms with van der Waals surface area (Å²) in [7, 11) is 1.67. The number of para-hydroxylation sites is 1. The lowest BCUT2D eigenvalue weighted by atomic mass is 9.84. The summed E-state index contributed by atoms with van der Waals surface area (Å²) in [5.74, 6) is -0.156. The second-order valence-electron chi connectivity index (χ2n) is 4.18. The standard InChI is InChI=1S/C12H12N2O3/c1-12(7-8-14(16)17)9-5-3-4-6-10(9)13(2)11(12)15/h3-8H,1-2H3/b8-7+. The number of amides is 1. The van der Waals surface area contributed by atoms with Crippen molar-refractivity contribution in [2.45, 2.75) is 12.3 Å². The van der Waals surface area contributed by atoms with Crippen LogP contribution in [0.25, 0.3) is 0 Å². The van der Waals surface area contributed by atoms with Crippen LogP contribution in [-0.4, -0.2) is 17.9 Å². The molecule has 0 aliphatic carbocycles. The van der Waals surface area contributed by atoms with Crippen LogP contribution in [-0.2, 0) is 10.2 Å². The maximum Gasteiger partial charge on any atom is 0.241 e. The molecule has 0 saturated carbocycles. The van der Waals surface area contributed by atoms with Crippen LogP contribution in [0.15, 0.2) is 36.5 Å². The SMILES string of the molecule is CN1C(=O)C(C)(/C=C/[N+](=O)[O-])c2ccccc21. The van der Waals surface area contributed by atoms with Crippen molar-refractivity contribution in [2.75, 3.05) is 11.9 Å². The molecule has 1 aliphatic rings. The Morgan fingerprint density at radius 1 is 1.41 bits per heavy atom. The van der Waals surface area contributed by atoms with Gasteiger partial charge in [-0.05, 0) is 18.6 Å². The largest absolute Gasteiger partial charge is 0.314 e. The smallest absolute Gasteiger partial charge is 0.241 e. The van der Waals surface area contributed by atoms with E-state index in [0.717, 1.165) is 17.5 Å². The van der Waals surface area contributed by atoms with Crippen molar-refractivity contribution >= 4 is 11.6 Å². The molecule has 5 heteroatoms. The molecule has 0 fully saturated rings. The van der Waals surface area contributed by atoms with Crippen LogP contribution in [0.5, 0.6) is 0 Å². The lowest BCUT2D eigenvalue weighted by molar-refractivity contribution is -0.402. The molecule has 1 aromatic carbocycles. The van der Waals surface area contributed by atoms with Gasteiger partial charge in [-0.2, -0.15) is 0 Å². The molecule has 0 N–H and O–H groups in total. The topological polar surface area (TPSA) is 63.5 Å². The predicted molar refractivity (Wildman–Crippen MR) is 63.3 cm³/mol. The number of anilines is 1. The van der Waals surface area contributed by atoms with Crippen LogP contribution in [0.2, 0.25) is 0 Å². The van der Waals surface area contributed by atoms with E-state index in [1.54, 1.807) is 14.0 Å². The molecule has 17 heavy (non-hydrogen) atoms. The highest BCUT2D eigenvalue weighted by Crippen LogP contribution is 2.41. The first-order chi connectivity index (χ1) is 7.97. The number of likely N-dealkylation sites (N-methyl/N-ethyl adjacent to an activating group) is 1. The summed E-state index contributed by atoms with van der Waals surface area (Å²) in [5, 5.41) is 10.4. The molecule has 0 aromatic heterocycles. The minimum atomic E-state index is -0.946. The Balaban J connectivity index is 2.55. The van der Waals surface area contributed by atoms with Gasteiger partial charge in [0.15, 0.2) is 0 Å². The monoisotopic (exact) mass is 232 g/mol. The van der Waals surface area contributed by atoms with Gasteiger partial charge in [0, 0.05) is 18.8 Å². The molecule has 0 spiro atoms. The fraction of sp³-hybridized carbons (Fsp3) is 0.250. The highest BCUT2D eigenvalue weighted by Gasteiger charge is 2.44. The van der Waals surface area contributed by atoms with E-state index >= 15 is 0 Å². The van der Waals surface area contributed by atoms with Gasteiger partial charge < -0.3 is 4.90 Å². The molecule has 1 amide bonds. The van der Waals surface area contributed by atoms with Gasteiger partial charge in [-0.3, -0.25) is 14.9 Å². The van der Waals surface area contributed by atoms with Crippen molar-refractivity contribution in [3.8, 4) is 0 Å². The minimum Gasteiger partial charge on any atom is -0.314 e. The van der Waals surface area contributed by atoms with Crippen LogP contribution >= 0.6 is 0 Å². The van der Waals surface area contributed by atoms with Crippen molar-refractivity contribution in [2.24, 2.45) is 0 Å². The zero-order chi connectivity index (χ0) is 12.6. The summed E-state index contributed by atoms with van der Waals surface area (Å²) >= 11 is 0. The molecule has 0 radical (unpaired) electrons. The maximum absolute atomic E-state index is 12.1. The van der Waals surface area contributed by atoms with Gasteiger partial charge >= 0.3 is 0 Å². The number of hydrogen-bond acceptors (Lipinski definition) is 3. The third-order valence-electron chi connectivity index (χ3n) is 3.10. The van der Waals surface area contributed by atoms with E-state index in [0.29, 0.717) is 0 Å². The van der Waals surface area contributed by atoms with Gasteiger partial charge in [-0.1, -0.05) is 18.2 Å². The average molecular weight is 232 g/mol. The van der Waals surface area contributed by atoms with Crippen molar-refractivity contribution in [3.63, 3.8) is 0 Å². The number of carbonyl (C=O) groups excluding carboxylic acids is 1. The molecule has 88 valence electrons. The molecule has 1 unspecified atom stereocenters. The molecule has 0 bridgehead atoms. The fourth-order valence-electron chi connectivity index (χ4n) is 2.15. The Kier molecular flexibility index (Phi) is 2.46. The van der Waals surface area contributed by atoms with Gasteiger partial charge in [0.1, 0.15) is 0 Å². The van der Waals surface area contributed by atoms with E-state index in [1.165, 1.54) is 11.0 Å². The molecule has 1 aromatic rings. The first-order valence-electron chi connectivity index (χ1n) is 5.17. The molecule has 1 heterocycles. The first-order valence-corrected chi connectivity index (χ1v) is 5.17. The van der Waals surface area contributed by atoms with Crippen LogP contribution in [0.3, 0.4) is 0 Å². The third kappa shape index (κ3) is 1.60. The number of fused-ring (bicyclic) bond motifs is 1. The highest BCUT2D eigenvalue weighted by atomic mass is 16.6. The van der Waals surface area contributed by atoms with E-state index in [1.807, 2.05) is 24.3 Å². The summed E-state index contributed by atoms with van der Waals surface area (Å²) < 4.78 is 0. The van der Waals surface area contributed by atoms with Gasteiger partial charge in [0.05, 0.1) is 10.3 Å². The number of hydrogen-bond donors (Lipinski definition) is 0. The molecule has 1 atom stereocenters. The number of carbonyl (C=O) groups is 1. The van der Waals surface area contributed by atoms with Crippen molar-refractivity contribution in [1.29, 1.82) is 0 Å². The minimum absolute atomic E-state index is 0.156. The van der Waals surface area contributed by atoms with Gasteiger partial charge in [-0.25, -0.2) is 0 Å². The lowest BCUT2D eigenvalue weighted by Crippen LogP contribution is -2.34. The second kappa shape index (κ2) is 3.69. The summed E-state index contributed by atoms with van der Waals surface area (Å²) in [5.41, 5.74) is 0.650. The molecular weight excluding hydrogens is 220 g/mol. The van der Waals surface area contributed by atoms with E-state index in [2.05, 4.69) is 0 Å². The zero-order valence-corrected chi connectivity index (χ0v) is 9.58. The summed E-state index contributed by atoms with van der Waals surface area (Å²) in [6.45, 7) is 1.69. The summed E-state index contributed by atoms with van der Waals surface area (Å²) in [6.07, 6.45) is 2.17. The van der Waals surface area contributed by atoms with Crippen LogP contribution in [0.1, 0.15) is 12.5 Å². The van der Waals surface area contributed by atoms with E-state index < -0.39 is 10.3 Å². The van der Waals surface area contributed by atoms with E-state index in [4.69, 9.17) is 0 Å². The molecule has 0 saturated heterocycles. The van der Waals surface area contributed by atoms with Crippen molar-refractivity contribution in [1.82, 2.24) is 0 Å². The zero-order valence-electron chi connectivity index (χ0n) is 9.58. The number of nitro groups is 1. The molecular formula is C12H12N2O3. The normalized spacial score (nSPS) is 23.2. The van der Waals surface area contributed by atoms with E-state index in [9.17, 15) is 14.9 Å². The average Bonchev–Trinajstić information content (AvgIpc) is 2.51. The lowest BCUT2D eigenvalue weighted by Gasteiger charge is -2.17. The first kappa shape index (κ1) is 11.3. The van der Waals surface area contributed by atoms with Gasteiger partial charge in [0.2, 0.25) is 12.1 Å². The third-order valence-corrected chi connectivity index (χ3v) is 3.10. The Bertz CT molecular complexity index is 524. The fourth-order valence-corrected chi connectivity index (χ4v) is 2.15. The van der Waals surface area contributed by atoms with E-state index in [-0.39, 0.29) is 5.91 Å². The van der Waals surface area contributed by atoms with Crippen molar-refractivity contribution < 1.29 is 9.72 Å². The summed E-state index contributed by atoms with van der Waals surface area (Å²) in [4.78, 5) is 23.5. The van der Waals surface area contributed by atoms with Crippen LogP contribution in [0.4, 0.5) is 5.69 Å². The Morgan fingerprint density at radius 2 is 2.06 bits per heavy atom. The number of nitrogens with zero attached hydrogens (tertiary/aromatic N) is 2. The van der Waals surface area contributed by atoms with Crippen molar-refractivity contribution in [3.05, 3.63) is 52.2 Å². The second-order valence-corrected chi connectivity index (χ2v) is 4.18. The Hall–Kier alpha value is -2.17. The maximum atomic E-state index is 12.1. The molecule has 5 nitrogen and oxygen atoms in total. The Morgan fingerprint density at radius 3 is 2.71 bits per heavy atom.